The van der Waals surface area contributed by atoms with Gasteiger partial charge in [0, 0.05) is 19.1 Å². The highest BCUT2D eigenvalue weighted by molar-refractivity contribution is 7.89. The van der Waals surface area contributed by atoms with Gasteiger partial charge in [0.15, 0.2) is 0 Å². The molecular weight excluding hydrogens is 248 g/mol. The molecule has 0 amide bonds. The van der Waals surface area contributed by atoms with E-state index in [9.17, 15) is 8.42 Å². The molecule has 0 fully saturated rings. The molecule has 102 valence electrons. The molecule has 4 nitrogen and oxygen atoms in total. The Kier molecular flexibility index (Phi) is 5.78. The second-order valence-corrected chi connectivity index (χ2v) is 6.35. The number of rotatable bonds is 7. The number of hydrogen-bond donors (Lipinski definition) is 2. The zero-order valence-electron chi connectivity index (χ0n) is 11.2. The van der Waals surface area contributed by atoms with Crippen LogP contribution in [-0.2, 0) is 16.6 Å². The summed E-state index contributed by atoms with van der Waals surface area (Å²) in [5.74, 6) is 0. The van der Waals surface area contributed by atoms with Crippen LogP contribution in [0.3, 0.4) is 0 Å². The minimum absolute atomic E-state index is 0.332. The average Bonchev–Trinajstić information content (AvgIpc) is 2.34. The van der Waals surface area contributed by atoms with Crippen LogP contribution in [0.1, 0.15) is 32.8 Å². The SMILES string of the molecule is CCCNS(=O)(=O)c1cccc(CNC(C)C)c1. The molecule has 0 aliphatic rings. The third-order valence-corrected chi connectivity index (χ3v) is 3.92. The molecule has 0 saturated heterocycles. The first-order valence-corrected chi connectivity index (χ1v) is 7.76. The molecule has 0 unspecified atom stereocenters. The standard InChI is InChI=1S/C13H22N2O2S/c1-4-8-15-18(16,17)13-7-5-6-12(9-13)10-14-11(2)3/h5-7,9,11,14-15H,4,8,10H2,1-3H3. The molecule has 1 aromatic rings. The van der Waals surface area contributed by atoms with Gasteiger partial charge >= 0.3 is 0 Å². The molecule has 0 aliphatic carbocycles. The van der Waals surface area contributed by atoms with Crippen LogP contribution in [0.15, 0.2) is 29.2 Å². The molecule has 0 saturated carbocycles. The van der Waals surface area contributed by atoms with Crippen LogP contribution >= 0.6 is 0 Å². The molecule has 0 aliphatic heterocycles. The van der Waals surface area contributed by atoms with Crippen molar-refractivity contribution in [2.24, 2.45) is 0 Å². The van der Waals surface area contributed by atoms with Gasteiger partial charge in [-0.2, -0.15) is 0 Å². The van der Waals surface area contributed by atoms with E-state index in [0.29, 0.717) is 24.0 Å². The summed E-state index contributed by atoms with van der Waals surface area (Å²) in [6.07, 6.45) is 0.786. The molecule has 0 aromatic heterocycles. The lowest BCUT2D eigenvalue weighted by Crippen LogP contribution is -2.25. The van der Waals surface area contributed by atoms with Crippen molar-refractivity contribution in [2.45, 2.75) is 44.7 Å². The van der Waals surface area contributed by atoms with Gasteiger partial charge in [-0.25, -0.2) is 13.1 Å². The van der Waals surface area contributed by atoms with Crippen molar-refractivity contribution in [1.82, 2.24) is 10.0 Å². The quantitative estimate of drug-likeness (QED) is 0.795. The van der Waals surface area contributed by atoms with Crippen LogP contribution in [0, 0.1) is 0 Å². The van der Waals surface area contributed by atoms with E-state index in [4.69, 9.17) is 0 Å². The van der Waals surface area contributed by atoms with Gasteiger partial charge < -0.3 is 5.32 Å². The molecule has 0 spiro atoms. The van der Waals surface area contributed by atoms with Crippen molar-refractivity contribution in [2.75, 3.05) is 6.54 Å². The summed E-state index contributed by atoms with van der Waals surface area (Å²) >= 11 is 0. The fraction of sp³-hybridized carbons (Fsp3) is 0.538. The molecule has 0 bridgehead atoms. The number of sulfonamides is 1. The normalized spacial score (nSPS) is 12.0. The lowest BCUT2D eigenvalue weighted by Gasteiger charge is -2.10. The fourth-order valence-corrected chi connectivity index (χ4v) is 2.67. The second kappa shape index (κ2) is 6.87. The van der Waals surface area contributed by atoms with E-state index in [2.05, 4.69) is 23.9 Å². The number of benzene rings is 1. The van der Waals surface area contributed by atoms with Crippen LogP contribution in [0.2, 0.25) is 0 Å². The number of nitrogens with one attached hydrogen (secondary N) is 2. The van der Waals surface area contributed by atoms with Crippen molar-refractivity contribution in [3.63, 3.8) is 0 Å². The maximum atomic E-state index is 11.9. The summed E-state index contributed by atoms with van der Waals surface area (Å²) in [6.45, 7) is 7.20. The zero-order chi connectivity index (χ0) is 13.6. The highest BCUT2D eigenvalue weighted by Gasteiger charge is 2.13. The summed E-state index contributed by atoms with van der Waals surface area (Å²) in [7, 11) is -3.36. The van der Waals surface area contributed by atoms with E-state index in [1.54, 1.807) is 18.2 Å². The average molecular weight is 270 g/mol. The van der Waals surface area contributed by atoms with E-state index in [1.807, 2.05) is 13.0 Å². The highest BCUT2D eigenvalue weighted by atomic mass is 32.2. The van der Waals surface area contributed by atoms with Crippen molar-refractivity contribution in [3.8, 4) is 0 Å². The van der Waals surface area contributed by atoms with Crippen LogP contribution in [0.4, 0.5) is 0 Å². The Morgan fingerprint density at radius 3 is 2.61 bits per heavy atom. The zero-order valence-corrected chi connectivity index (χ0v) is 12.0. The second-order valence-electron chi connectivity index (χ2n) is 4.58. The molecular formula is C13H22N2O2S. The first-order valence-electron chi connectivity index (χ1n) is 6.27. The minimum atomic E-state index is -3.36. The Morgan fingerprint density at radius 1 is 1.28 bits per heavy atom. The Morgan fingerprint density at radius 2 is 2.00 bits per heavy atom. The van der Waals surface area contributed by atoms with E-state index < -0.39 is 10.0 Å². The highest BCUT2D eigenvalue weighted by Crippen LogP contribution is 2.11. The Balaban J connectivity index is 2.81. The topological polar surface area (TPSA) is 58.2 Å². The van der Waals surface area contributed by atoms with E-state index >= 15 is 0 Å². The Hall–Kier alpha value is -0.910. The van der Waals surface area contributed by atoms with Gasteiger partial charge in [-0.3, -0.25) is 0 Å². The molecule has 2 N–H and O–H groups in total. The van der Waals surface area contributed by atoms with Gasteiger partial charge in [0.2, 0.25) is 10.0 Å². The summed E-state index contributed by atoms with van der Waals surface area (Å²) in [5, 5.41) is 3.27. The van der Waals surface area contributed by atoms with Crippen molar-refractivity contribution < 1.29 is 8.42 Å². The lowest BCUT2D eigenvalue weighted by molar-refractivity contribution is 0.578. The lowest BCUT2D eigenvalue weighted by atomic mass is 10.2. The van der Waals surface area contributed by atoms with E-state index in [1.165, 1.54) is 0 Å². The molecule has 0 radical (unpaired) electrons. The summed E-state index contributed by atoms with van der Waals surface area (Å²) in [4.78, 5) is 0.332. The first-order chi connectivity index (χ1) is 8.45. The number of hydrogen-bond acceptors (Lipinski definition) is 3. The largest absolute Gasteiger partial charge is 0.310 e. The third-order valence-electron chi connectivity index (χ3n) is 2.47. The molecule has 1 aromatic carbocycles. The fourth-order valence-electron chi connectivity index (χ4n) is 1.46. The summed E-state index contributed by atoms with van der Waals surface area (Å²) in [6, 6.07) is 7.42. The maximum Gasteiger partial charge on any atom is 0.240 e. The monoisotopic (exact) mass is 270 g/mol. The Bertz CT molecular complexity index is 470. The molecule has 5 heteroatoms. The van der Waals surface area contributed by atoms with Crippen molar-refractivity contribution >= 4 is 10.0 Å². The van der Waals surface area contributed by atoms with E-state index in [0.717, 1.165) is 12.0 Å². The summed E-state index contributed by atoms with van der Waals surface area (Å²) in [5.41, 5.74) is 0.975. The van der Waals surface area contributed by atoms with Gasteiger partial charge in [-0.05, 0) is 24.1 Å². The molecule has 0 heterocycles. The first kappa shape index (κ1) is 15.1. The third kappa shape index (κ3) is 4.76. The van der Waals surface area contributed by atoms with Crippen LogP contribution in [0.5, 0.6) is 0 Å². The molecule has 18 heavy (non-hydrogen) atoms. The van der Waals surface area contributed by atoms with Gasteiger partial charge in [-0.15, -0.1) is 0 Å². The predicted octanol–water partition coefficient (Wildman–Crippen LogP) is 1.87. The van der Waals surface area contributed by atoms with Crippen LogP contribution < -0.4 is 10.0 Å². The predicted molar refractivity (Wildman–Crippen MR) is 73.9 cm³/mol. The van der Waals surface area contributed by atoms with Crippen molar-refractivity contribution in [3.05, 3.63) is 29.8 Å². The minimum Gasteiger partial charge on any atom is -0.310 e. The van der Waals surface area contributed by atoms with E-state index in [-0.39, 0.29) is 0 Å². The smallest absolute Gasteiger partial charge is 0.240 e. The molecule has 1 rings (SSSR count). The van der Waals surface area contributed by atoms with Gasteiger partial charge in [-0.1, -0.05) is 32.9 Å². The van der Waals surface area contributed by atoms with Gasteiger partial charge in [0.1, 0.15) is 0 Å². The van der Waals surface area contributed by atoms with Crippen LogP contribution in [0.25, 0.3) is 0 Å². The maximum absolute atomic E-state index is 11.9. The van der Waals surface area contributed by atoms with Crippen molar-refractivity contribution in [1.29, 1.82) is 0 Å². The van der Waals surface area contributed by atoms with Crippen LogP contribution in [-0.4, -0.2) is 21.0 Å². The summed E-state index contributed by atoms with van der Waals surface area (Å²) < 4.78 is 26.5. The molecule has 0 atom stereocenters. The Labute approximate surface area is 110 Å². The van der Waals surface area contributed by atoms with Gasteiger partial charge in [0.05, 0.1) is 4.90 Å². The van der Waals surface area contributed by atoms with Gasteiger partial charge in [0.25, 0.3) is 0 Å².